The molecule has 1 atom stereocenters. The molecule has 1 amide bonds. The second kappa shape index (κ2) is 8.31. The fourth-order valence-electron chi connectivity index (χ4n) is 2.68. The van der Waals surface area contributed by atoms with Crippen molar-refractivity contribution in [1.29, 1.82) is 0 Å². The van der Waals surface area contributed by atoms with Gasteiger partial charge in [-0.1, -0.05) is 31.7 Å². The molecule has 0 saturated carbocycles. The third-order valence-electron chi connectivity index (χ3n) is 3.93. The molecule has 4 N–H and O–H groups in total. The van der Waals surface area contributed by atoms with Crippen molar-refractivity contribution < 1.29 is 14.3 Å². The van der Waals surface area contributed by atoms with Crippen LogP contribution in [0.2, 0.25) is 0 Å². The van der Waals surface area contributed by atoms with Gasteiger partial charge in [-0.3, -0.25) is 4.79 Å². The lowest BCUT2D eigenvalue weighted by atomic mass is 9.95. The van der Waals surface area contributed by atoms with Gasteiger partial charge in [-0.05, 0) is 23.6 Å². The molecule has 1 aromatic heterocycles. The Hall–Kier alpha value is -2.42. The predicted octanol–water partition coefficient (Wildman–Crippen LogP) is 2.15. The number of nitrogens with two attached hydrogens (primary N) is 1. The molecule has 0 unspecified atom stereocenters. The number of nitrogen functional groups attached to an aromatic ring is 1. The second-order valence-corrected chi connectivity index (χ2v) is 7.28. The molecule has 26 heavy (non-hydrogen) atoms. The molecule has 0 aliphatic carbocycles. The van der Waals surface area contributed by atoms with Crippen LogP contribution in [0.3, 0.4) is 0 Å². The molecule has 0 bridgehead atoms. The van der Waals surface area contributed by atoms with Crippen molar-refractivity contribution in [2.75, 3.05) is 24.7 Å². The Balaban J connectivity index is 1.66. The number of ether oxygens (including phenoxy) is 2. The average Bonchev–Trinajstić information content (AvgIpc) is 2.89. The fraction of sp³-hybridized carbons (Fsp3) is 0.471. The van der Waals surface area contributed by atoms with Gasteiger partial charge in [0.1, 0.15) is 0 Å². The number of amides is 1. The Morgan fingerprint density at radius 2 is 2.12 bits per heavy atom. The Morgan fingerprint density at radius 3 is 2.81 bits per heavy atom. The summed E-state index contributed by atoms with van der Waals surface area (Å²) in [7, 11) is 0. The van der Waals surface area contributed by atoms with Gasteiger partial charge < -0.3 is 20.5 Å². The van der Waals surface area contributed by atoms with Gasteiger partial charge in [0.2, 0.25) is 17.0 Å². The summed E-state index contributed by atoms with van der Waals surface area (Å²) < 4.78 is 11.4. The predicted molar refractivity (Wildman–Crippen MR) is 99.3 cm³/mol. The summed E-state index contributed by atoms with van der Waals surface area (Å²) in [5, 5.41) is 9.99. The van der Waals surface area contributed by atoms with Crippen molar-refractivity contribution >= 4 is 23.6 Å². The monoisotopic (exact) mass is 377 g/mol. The number of anilines is 1. The molecule has 1 aromatic carbocycles. The molecule has 2 aromatic rings. The summed E-state index contributed by atoms with van der Waals surface area (Å²) in [5.74, 6) is 2.05. The van der Waals surface area contributed by atoms with E-state index in [1.54, 1.807) is 0 Å². The van der Waals surface area contributed by atoms with E-state index >= 15 is 0 Å². The SMILES string of the molecule is CC(C)[C@@H](NC(=O)CSc1n[nH]c(N)n1)c1ccc2c(c1)OCCCO2. The number of hydrogen-bond donors (Lipinski definition) is 3. The number of rotatable bonds is 6. The van der Waals surface area contributed by atoms with Gasteiger partial charge in [0, 0.05) is 6.42 Å². The summed E-state index contributed by atoms with van der Waals surface area (Å²) in [4.78, 5) is 16.3. The lowest BCUT2D eigenvalue weighted by Gasteiger charge is -2.23. The van der Waals surface area contributed by atoms with Crippen molar-refractivity contribution in [3.63, 3.8) is 0 Å². The summed E-state index contributed by atoms with van der Waals surface area (Å²) in [5.41, 5.74) is 6.47. The molecule has 0 saturated heterocycles. The van der Waals surface area contributed by atoms with Crippen molar-refractivity contribution in [1.82, 2.24) is 20.5 Å². The third-order valence-corrected chi connectivity index (χ3v) is 4.78. The van der Waals surface area contributed by atoms with Crippen LogP contribution >= 0.6 is 11.8 Å². The highest BCUT2D eigenvalue weighted by atomic mass is 32.2. The number of aromatic amines is 1. The quantitative estimate of drug-likeness (QED) is 0.661. The van der Waals surface area contributed by atoms with Crippen molar-refractivity contribution in [2.24, 2.45) is 5.92 Å². The number of benzene rings is 1. The van der Waals surface area contributed by atoms with E-state index in [1.807, 2.05) is 18.2 Å². The van der Waals surface area contributed by atoms with Crippen molar-refractivity contribution in [3.8, 4) is 11.5 Å². The third kappa shape index (κ3) is 4.60. The molecule has 0 radical (unpaired) electrons. The number of carbonyl (C=O) groups excluding carboxylic acids is 1. The van der Waals surface area contributed by atoms with Crippen LogP contribution in [0.4, 0.5) is 5.95 Å². The van der Waals surface area contributed by atoms with Gasteiger partial charge in [-0.25, -0.2) is 5.10 Å². The van der Waals surface area contributed by atoms with E-state index in [0.717, 1.165) is 23.5 Å². The zero-order valence-corrected chi connectivity index (χ0v) is 15.6. The van der Waals surface area contributed by atoms with Crippen molar-refractivity contribution in [3.05, 3.63) is 23.8 Å². The highest BCUT2D eigenvalue weighted by molar-refractivity contribution is 7.99. The minimum Gasteiger partial charge on any atom is -0.490 e. The number of nitrogens with zero attached hydrogens (tertiary/aromatic N) is 2. The van der Waals surface area contributed by atoms with Gasteiger partial charge in [0.15, 0.2) is 11.5 Å². The summed E-state index contributed by atoms with van der Waals surface area (Å²) in [6, 6.07) is 5.70. The molecule has 8 nitrogen and oxygen atoms in total. The number of carbonyl (C=O) groups is 1. The highest BCUT2D eigenvalue weighted by Crippen LogP contribution is 2.34. The van der Waals surface area contributed by atoms with E-state index in [2.05, 4.69) is 34.3 Å². The first kappa shape index (κ1) is 18.4. The topological polar surface area (TPSA) is 115 Å². The molecule has 9 heteroatoms. The summed E-state index contributed by atoms with van der Waals surface area (Å²) in [6.07, 6.45) is 0.858. The van der Waals surface area contributed by atoms with E-state index in [0.29, 0.717) is 18.4 Å². The lowest BCUT2D eigenvalue weighted by Crippen LogP contribution is -2.33. The molecule has 0 spiro atoms. The number of nitrogens with one attached hydrogen (secondary N) is 2. The van der Waals surface area contributed by atoms with Gasteiger partial charge in [-0.2, -0.15) is 4.98 Å². The molecule has 2 heterocycles. The first-order valence-electron chi connectivity index (χ1n) is 8.52. The van der Waals surface area contributed by atoms with E-state index in [-0.39, 0.29) is 29.6 Å². The maximum absolute atomic E-state index is 12.4. The standard InChI is InChI=1S/C17H23N5O3S/c1-10(2)15(19-14(23)9-26-17-20-16(18)21-22-17)11-4-5-12-13(8-11)25-7-3-6-24-12/h4-5,8,10,15H,3,6-7,9H2,1-2H3,(H,19,23)(H3,18,20,21,22)/t15-/m1/s1. The Morgan fingerprint density at radius 1 is 1.35 bits per heavy atom. The second-order valence-electron chi connectivity index (χ2n) is 6.34. The molecular weight excluding hydrogens is 354 g/mol. The molecule has 1 aliphatic rings. The zero-order valence-electron chi connectivity index (χ0n) is 14.8. The number of hydrogen-bond acceptors (Lipinski definition) is 7. The fourth-order valence-corrected chi connectivity index (χ4v) is 3.29. The Kier molecular flexibility index (Phi) is 5.87. The van der Waals surface area contributed by atoms with Gasteiger partial charge in [0.05, 0.1) is 25.0 Å². The maximum atomic E-state index is 12.4. The summed E-state index contributed by atoms with van der Waals surface area (Å²) in [6.45, 7) is 5.42. The van der Waals surface area contributed by atoms with E-state index < -0.39 is 0 Å². The van der Waals surface area contributed by atoms with Crippen LogP contribution in [0.1, 0.15) is 31.9 Å². The van der Waals surface area contributed by atoms with Crippen LogP contribution in [0.5, 0.6) is 11.5 Å². The van der Waals surface area contributed by atoms with Crippen LogP contribution in [-0.2, 0) is 4.79 Å². The molecular formula is C17H23N5O3S. The van der Waals surface area contributed by atoms with Crippen LogP contribution in [0, 0.1) is 5.92 Å². The van der Waals surface area contributed by atoms with Gasteiger partial charge in [-0.15, -0.1) is 5.10 Å². The Labute approximate surface area is 156 Å². The van der Waals surface area contributed by atoms with Gasteiger partial charge in [0.25, 0.3) is 0 Å². The number of thioether (sulfide) groups is 1. The highest BCUT2D eigenvalue weighted by Gasteiger charge is 2.21. The smallest absolute Gasteiger partial charge is 0.230 e. The maximum Gasteiger partial charge on any atom is 0.230 e. The normalized spacial score (nSPS) is 14.7. The van der Waals surface area contributed by atoms with Crippen molar-refractivity contribution in [2.45, 2.75) is 31.5 Å². The van der Waals surface area contributed by atoms with E-state index in [1.165, 1.54) is 11.8 Å². The van der Waals surface area contributed by atoms with E-state index in [9.17, 15) is 4.79 Å². The minimum absolute atomic E-state index is 0.0933. The summed E-state index contributed by atoms with van der Waals surface area (Å²) >= 11 is 1.23. The van der Waals surface area contributed by atoms with Gasteiger partial charge >= 0.3 is 0 Å². The number of fused-ring (bicyclic) bond motifs is 1. The lowest BCUT2D eigenvalue weighted by molar-refractivity contribution is -0.119. The van der Waals surface area contributed by atoms with Crippen LogP contribution < -0.4 is 20.5 Å². The van der Waals surface area contributed by atoms with Crippen LogP contribution in [0.25, 0.3) is 0 Å². The number of aromatic nitrogens is 3. The molecule has 0 fully saturated rings. The molecule has 140 valence electrons. The minimum atomic E-state index is -0.127. The largest absolute Gasteiger partial charge is 0.490 e. The molecule has 3 rings (SSSR count). The van der Waals surface area contributed by atoms with Crippen LogP contribution in [-0.4, -0.2) is 40.1 Å². The zero-order chi connectivity index (χ0) is 18.5. The van der Waals surface area contributed by atoms with Crippen LogP contribution in [0.15, 0.2) is 23.4 Å². The van der Waals surface area contributed by atoms with E-state index in [4.69, 9.17) is 15.2 Å². The first-order chi connectivity index (χ1) is 12.5. The average molecular weight is 377 g/mol. The first-order valence-corrected chi connectivity index (χ1v) is 9.51. The Bertz CT molecular complexity index is 765. The molecule has 1 aliphatic heterocycles. The number of H-pyrrole nitrogens is 1.